The zero-order valence-electron chi connectivity index (χ0n) is 11.2. The van der Waals surface area contributed by atoms with Crippen LogP contribution in [-0.2, 0) is 0 Å². The lowest BCUT2D eigenvalue weighted by Crippen LogP contribution is -2.42. The second-order valence-electron chi connectivity index (χ2n) is 4.99. The van der Waals surface area contributed by atoms with Crippen LogP contribution < -0.4 is 5.73 Å². The van der Waals surface area contributed by atoms with E-state index in [1.165, 1.54) is 17.0 Å². The summed E-state index contributed by atoms with van der Waals surface area (Å²) in [6.45, 7) is 5.68. The number of rotatable bonds is 4. The van der Waals surface area contributed by atoms with E-state index >= 15 is 0 Å². The Morgan fingerprint density at radius 2 is 2.11 bits per heavy atom. The Hall–Kier alpha value is -1.14. The Morgan fingerprint density at radius 3 is 2.58 bits per heavy atom. The summed E-state index contributed by atoms with van der Waals surface area (Å²) in [6, 6.07) is 2.47. The molecular formula is C13H18BrFN2O2. The van der Waals surface area contributed by atoms with Gasteiger partial charge in [-0.3, -0.25) is 4.79 Å². The van der Waals surface area contributed by atoms with Gasteiger partial charge in [0.1, 0.15) is 5.82 Å². The summed E-state index contributed by atoms with van der Waals surface area (Å²) in [7, 11) is 0. The number of nitrogen functional groups attached to an aromatic ring is 1. The minimum absolute atomic E-state index is 0.0779. The Kier molecular flexibility index (Phi) is 4.92. The Morgan fingerprint density at radius 1 is 1.53 bits per heavy atom. The number of benzene rings is 1. The normalized spacial score (nSPS) is 11.5. The Bertz CT molecular complexity index is 486. The molecule has 0 bridgehead atoms. The van der Waals surface area contributed by atoms with Gasteiger partial charge in [0.2, 0.25) is 0 Å². The van der Waals surface area contributed by atoms with Gasteiger partial charge in [-0.1, -0.05) is 0 Å². The Balaban J connectivity index is 3.08. The molecule has 0 unspecified atom stereocenters. The van der Waals surface area contributed by atoms with Gasteiger partial charge < -0.3 is 15.7 Å². The van der Waals surface area contributed by atoms with Gasteiger partial charge >= 0.3 is 0 Å². The van der Waals surface area contributed by atoms with Crippen molar-refractivity contribution >= 4 is 27.5 Å². The summed E-state index contributed by atoms with van der Waals surface area (Å²) in [5.41, 5.74) is 4.69. The average Bonchev–Trinajstić information content (AvgIpc) is 2.28. The number of hydrogen-bond acceptors (Lipinski definition) is 3. The molecule has 0 aliphatic heterocycles. The third kappa shape index (κ3) is 4.18. The second-order valence-corrected chi connectivity index (χ2v) is 5.84. The van der Waals surface area contributed by atoms with Gasteiger partial charge in [0.15, 0.2) is 0 Å². The fraction of sp³-hybridized carbons (Fsp3) is 0.462. The summed E-state index contributed by atoms with van der Waals surface area (Å²) in [6.07, 6.45) is 0. The number of nitrogens with two attached hydrogens (primary N) is 1. The fourth-order valence-corrected chi connectivity index (χ4v) is 2.18. The molecule has 0 spiro atoms. The van der Waals surface area contributed by atoms with Crippen LogP contribution in [0.3, 0.4) is 0 Å². The quantitative estimate of drug-likeness (QED) is 0.832. The lowest BCUT2D eigenvalue weighted by atomic mass is 10.1. The number of amides is 1. The number of aliphatic hydroxyl groups is 1. The number of hydrogen-bond donors (Lipinski definition) is 2. The van der Waals surface area contributed by atoms with Crippen LogP contribution in [0.25, 0.3) is 0 Å². The molecule has 19 heavy (non-hydrogen) atoms. The predicted molar refractivity (Wildman–Crippen MR) is 76.4 cm³/mol. The zero-order valence-corrected chi connectivity index (χ0v) is 12.8. The minimum atomic E-state index is -0.996. The first kappa shape index (κ1) is 15.9. The third-order valence-corrected chi connectivity index (χ3v) is 3.22. The number of halogens is 2. The standard InChI is InChI=1S/C13H18BrFN2O2/c1-4-17(7-13(2,3)19)12(18)8-5-11(16)10(15)6-9(8)14/h5-6,19H,4,7,16H2,1-3H3. The molecule has 0 atom stereocenters. The molecule has 1 aromatic rings. The van der Waals surface area contributed by atoms with Gasteiger partial charge in [0.25, 0.3) is 5.91 Å². The second kappa shape index (κ2) is 5.88. The molecule has 0 saturated carbocycles. The van der Waals surface area contributed by atoms with Gasteiger partial charge in [0, 0.05) is 17.6 Å². The molecule has 106 valence electrons. The van der Waals surface area contributed by atoms with Crippen molar-refractivity contribution in [2.24, 2.45) is 0 Å². The summed E-state index contributed by atoms with van der Waals surface area (Å²) >= 11 is 3.15. The van der Waals surface area contributed by atoms with Crippen molar-refractivity contribution in [1.82, 2.24) is 4.90 Å². The smallest absolute Gasteiger partial charge is 0.255 e. The highest BCUT2D eigenvalue weighted by molar-refractivity contribution is 9.10. The summed E-state index contributed by atoms with van der Waals surface area (Å²) in [5, 5.41) is 9.79. The highest BCUT2D eigenvalue weighted by Gasteiger charge is 2.24. The lowest BCUT2D eigenvalue weighted by Gasteiger charge is -2.28. The van der Waals surface area contributed by atoms with Crippen LogP contribution in [-0.4, -0.2) is 34.6 Å². The fourth-order valence-electron chi connectivity index (χ4n) is 1.69. The predicted octanol–water partition coefficient (Wildman–Crippen LogP) is 2.40. The average molecular weight is 333 g/mol. The van der Waals surface area contributed by atoms with Crippen LogP contribution in [0.4, 0.5) is 10.1 Å². The van der Waals surface area contributed by atoms with Crippen LogP contribution in [0.5, 0.6) is 0 Å². The SMILES string of the molecule is CCN(CC(C)(C)O)C(=O)c1cc(N)c(F)cc1Br. The molecule has 3 N–H and O–H groups in total. The van der Waals surface area contributed by atoms with E-state index in [-0.39, 0.29) is 23.7 Å². The maximum atomic E-state index is 13.3. The van der Waals surface area contributed by atoms with Gasteiger partial charge in [-0.2, -0.15) is 0 Å². The van der Waals surface area contributed by atoms with Crippen LogP contribution >= 0.6 is 15.9 Å². The van der Waals surface area contributed by atoms with Crippen molar-refractivity contribution in [1.29, 1.82) is 0 Å². The monoisotopic (exact) mass is 332 g/mol. The van der Waals surface area contributed by atoms with Crippen molar-refractivity contribution in [2.75, 3.05) is 18.8 Å². The zero-order chi connectivity index (χ0) is 14.8. The molecule has 0 saturated heterocycles. The highest BCUT2D eigenvalue weighted by atomic mass is 79.9. The lowest BCUT2D eigenvalue weighted by molar-refractivity contribution is 0.0314. The maximum Gasteiger partial charge on any atom is 0.255 e. The summed E-state index contributed by atoms with van der Waals surface area (Å²) in [4.78, 5) is 13.8. The van der Waals surface area contributed by atoms with Gasteiger partial charge in [-0.25, -0.2) is 4.39 Å². The van der Waals surface area contributed by atoms with Crippen LogP contribution in [0, 0.1) is 5.82 Å². The molecule has 4 nitrogen and oxygen atoms in total. The van der Waals surface area contributed by atoms with Crippen molar-refractivity contribution in [3.05, 3.63) is 28.0 Å². The molecule has 0 aliphatic carbocycles. The maximum absolute atomic E-state index is 13.3. The van der Waals surface area contributed by atoms with E-state index in [1.54, 1.807) is 13.8 Å². The van der Waals surface area contributed by atoms with E-state index in [1.807, 2.05) is 6.92 Å². The summed E-state index contributed by atoms with van der Waals surface area (Å²) < 4.78 is 13.6. The van der Waals surface area contributed by atoms with Gasteiger partial charge in [-0.15, -0.1) is 0 Å². The molecule has 0 aliphatic rings. The largest absolute Gasteiger partial charge is 0.396 e. The molecule has 0 fully saturated rings. The summed E-state index contributed by atoms with van der Waals surface area (Å²) in [5.74, 6) is -0.878. The van der Waals surface area contributed by atoms with E-state index in [2.05, 4.69) is 15.9 Å². The van der Waals surface area contributed by atoms with Crippen LogP contribution in [0.15, 0.2) is 16.6 Å². The van der Waals surface area contributed by atoms with E-state index in [9.17, 15) is 14.3 Å². The first-order chi connectivity index (χ1) is 8.65. The van der Waals surface area contributed by atoms with Crippen molar-refractivity contribution in [3.63, 3.8) is 0 Å². The van der Waals surface area contributed by atoms with Gasteiger partial charge in [0.05, 0.1) is 16.9 Å². The molecule has 1 aromatic carbocycles. The van der Waals surface area contributed by atoms with E-state index in [0.29, 0.717) is 11.0 Å². The van der Waals surface area contributed by atoms with Crippen LogP contribution in [0.2, 0.25) is 0 Å². The van der Waals surface area contributed by atoms with Crippen molar-refractivity contribution in [2.45, 2.75) is 26.4 Å². The first-order valence-electron chi connectivity index (χ1n) is 5.92. The molecular weight excluding hydrogens is 315 g/mol. The number of anilines is 1. The highest BCUT2D eigenvalue weighted by Crippen LogP contribution is 2.24. The molecule has 1 rings (SSSR count). The number of likely N-dealkylation sites (N-methyl/N-ethyl adjacent to an activating group) is 1. The Labute approximate surface area is 120 Å². The minimum Gasteiger partial charge on any atom is -0.396 e. The van der Waals surface area contributed by atoms with E-state index in [4.69, 9.17) is 5.73 Å². The number of nitrogens with zero attached hydrogens (tertiary/aromatic N) is 1. The number of carbonyl (C=O) groups excluding carboxylic acids is 1. The molecule has 1 amide bonds. The van der Waals surface area contributed by atoms with Crippen LogP contribution in [0.1, 0.15) is 31.1 Å². The van der Waals surface area contributed by atoms with Crippen molar-refractivity contribution < 1.29 is 14.3 Å². The van der Waals surface area contributed by atoms with Crippen molar-refractivity contribution in [3.8, 4) is 0 Å². The molecule has 6 heteroatoms. The van der Waals surface area contributed by atoms with E-state index < -0.39 is 11.4 Å². The molecule has 0 heterocycles. The number of carbonyl (C=O) groups is 1. The van der Waals surface area contributed by atoms with E-state index in [0.717, 1.165) is 0 Å². The molecule has 0 radical (unpaired) electrons. The topological polar surface area (TPSA) is 66.6 Å². The third-order valence-electron chi connectivity index (χ3n) is 2.56. The van der Waals surface area contributed by atoms with Gasteiger partial charge in [-0.05, 0) is 48.8 Å². The first-order valence-corrected chi connectivity index (χ1v) is 6.71. The molecule has 0 aromatic heterocycles.